The number of halogens is 1. The summed E-state index contributed by atoms with van der Waals surface area (Å²) in [5, 5.41) is 6.53. The number of ether oxygens (including phenoxy) is 3. The molecule has 152 valence electrons. The number of aliphatic imine (C=N–C) groups is 1. The van der Waals surface area contributed by atoms with Crippen molar-refractivity contribution in [3.63, 3.8) is 0 Å². The van der Waals surface area contributed by atoms with Crippen LogP contribution in [0.5, 0.6) is 5.75 Å². The normalized spacial score (nSPS) is 16.8. The number of hydrogen-bond donors (Lipinski definition) is 2. The molecule has 1 aromatic rings. The molecule has 1 heterocycles. The van der Waals surface area contributed by atoms with Gasteiger partial charge in [-0.25, -0.2) is 4.39 Å². The third-order valence-electron chi connectivity index (χ3n) is 4.71. The minimum Gasteiger partial charge on any atom is -0.494 e. The molecule has 1 atom stereocenters. The molecule has 1 aliphatic rings. The fourth-order valence-corrected chi connectivity index (χ4v) is 2.98. The summed E-state index contributed by atoms with van der Waals surface area (Å²) in [4.78, 5) is 4.22. The summed E-state index contributed by atoms with van der Waals surface area (Å²) >= 11 is 0. The maximum absolute atomic E-state index is 13.9. The van der Waals surface area contributed by atoms with Gasteiger partial charge in [-0.05, 0) is 49.8 Å². The Morgan fingerprint density at radius 1 is 1.37 bits per heavy atom. The Kier molecular flexibility index (Phi) is 9.35. The van der Waals surface area contributed by atoms with Crippen LogP contribution in [-0.4, -0.2) is 53.1 Å². The number of rotatable bonds is 9. The van der Waals surface area contributed by atoms with E-state index < -0.39 is 0 Å². The van der Waals surface area contributed by atoms with Gasteiger partial charge >= 0.3 is 0 Å². The lowest BCUT2D eigenvalue weighted by atomic mass is 10.0. The van der Waals surface area contributed by atoms with Gasteiger partial charge in [0, 0.05) is 40.0 Å². The number of hydrogen-bond acceptors (Lipinski definition) is 4. The van der Waals surface area contributed by atoms with Crippen molar-refractivity contribution in [2.45, 2.75) is 32.2 Å². The molecule has 1 unspecified atom stereocenters. The van der Waals surface area contributed by atoms with Crippen LogP contribution in [0.25, 0.3) is 0 Å². The number of benzene rings is 1. The molecule has 6 nitrogen and oxygen atoms in total. The van der Waals surface area contributed by atoms with Gasteiger partial charge in [-0.1, -0.05) is 6.07 Å². The second kappa shape index (κ2) is 11.8. The molecular formula is C20H32FN3O3. The summed E-state index contributed by atoms with van der Waals surface area (Å²) in [5.41, 5.74) is 0.830. The molecule has 27 heavy (non-hydrogen) atoms. The number of nitrogens with one attached hydrogen (secondary N) is 2. The number of guanidine groups is 1. The molecule has 1 fully saturated rings. The van der Waals surface area contributed by atoms with Gasteiger partial charge in [0.15, 0.2) is 17.5 Å². The standard InChI is InChI=1S/C20H32FN3O3/c1-15(17-5-6-19(25-3)18(21)13-17)24-20(22-2)23-9-4-10-27-14-16-7-11-26-12-8-16/h5-6,13,15-16H,4,7-12,14H2,1-3H3,(H2,22,23,24). The summed E-state index contributed by atoms with van der Waals surface area (Å²) in [5.74, 6) is 1.19. The SMILES string of the molecule is CN=C(NCCCOCC1CCOCC1)NC(C)c1ccc(OC)c(F)c1. The molecule has 0 saturated carbocycles. The summed E-state index contributed by atoms with van der Waals surface area (Å²) in [7, 11) is 3.18. The zero-order valence-corrected chi connectivity index (χ0v) is 16.6. The van der Waals surface area contributed by atoms with Crippen LogP contribution in [0.1, 0.15) is 37.8 Å². The van der Waals surface area contributed by atoms with E-state index in [1.807, 2.05) is 13.0 Å². The summed E-state index contributed by atoms with van der Waals surface area (Å²) in [6.45, 7) is 5.97. The minimum absolute atomic E-state index is 0.0821. The summed E-state index contributed by atoms with van der Waals surface area (Å²) in [6, 6.07) is 4.88. The average molecular weight is 381 g/mol. The van der Waals surface area contributed by atoms with Crippen molar-refractivity contribution in [2.24, 2.45) is 10.9 Å². The topological polar surface area (TPSA) is 64.1 Å². The fraction of sp³-hybridized carbons (Fsp3) is 0.650. The highest BCUT2D eigenvalue weighted by atomic mass is 19.1. The molecular weight excluding hydrogens is 349 g/mol. The smallest absolute Gasteiger partial charge is 0.191 e. The van der Waals surface area contributed by atoms with E-state index >= 15 is 0 Å². The Labute approximate surface area is 161 Å². The van der Waals surface area contributed by atoms with Crippen LogP contribution in [-0.2, 0) is 9.47 Å². The lowest BCUT2D eigenvalue weighted by Gasteiger charge is -2.22. The first-order valence-electron chi connectivity index (χ1n) is 9.60. The predicted octanol–water partition coefficient (Wildman–Crippen LogP) is 2.89. The first-order valence-corrected chi connectivity index (χ1v) is 9.60. The molecule has 0 spiro atoms. The van der Waals surface area contributed by atoms with E-state index in [1.54, 1.807) is 13.1 Å². The van der Waals surface area contributed by atoms with Crippen molar-refractivity contribution in [2.75, 3.05) is 47.1 Å². The Balaban J connectivity index is 1.65. The monoisotopic (exact) mass is 381 g/mol. The van der Waals surface area contributed by atoms with Crippen LogP contribution in [0.3, 0.4) is 0 Å². The lowest BCUT2D eigenvalue weighted by Crippen LogP contribution is -2.39. The lowest BCUT2D eigenvalue weighted by molar-refractivity contribution is 0.0203. The van der Waals surface area contributed by atoms with E-state index in [4.69, 9.17) is 14.2 Å². The maximum Gasteiger partial charge on any atom is 0.191 e. The minimum atomic E-state index is -0.367. The number of methoxy groups -OCH3 is 1. The molecule has 0 radical (unpaired) electrons. The highest BCUT2D eigenvalue weighted by molar-refractivity contribution is 5.80. The van der Waals surface area contributed by atoms with Crippen LogP contribution in [0.15, 0.2) is 23.2 Å². The van der Waals surface area contributed by atoms with Crippen LogP contribution < -0.4 is 15.4 Å². The molecule has 7 heteroatoms. The van der Waals surface area contributed by atoms with E-state index in [2.05, 4.69) is 15.6 Å². The Morgan fingerprint density at radius 3 is 2.81 bits per heavy atom. The second-order valence-electron chi connectivity index (χ2n) is 6.74. The van der Waals surface area contributed by atoms with Crippen molar-refractivity contribution < 1.29 is 18.6 Å². The highest BCUT2D eigenvalue weighted by Gasteiger charge is 2.14. The molecule has 0 aliphatic carbocycles. The largest absolute Gasteiger partial charge is 0.494 e. The quantitative estimate of drug-likeness (QED) is 0.391. The molecule has 1 aliphatic heterocycles. The molecule has 0 amide bonds. The fourth-order valence-electron chi connectivity index (χ4n) is 2.98. The zero-order valence-electron chi connectivity index (χ0n) is 16.6. The highest BCUT2D eigenvalue weighted by Crippen LogP contribution is 2.21. The van der Waals surface area contributed by atoms with Crippen LogP contribution in [0.4, 0.5) is 4.39 Å². The third kappa shape index (κ3) is 7.34. The predicted molar refractivity (Wildman–Crippen MR) is 105 cm³/mol. The van der Waals surface area contributed by atoms with E-state index in [9.17, 15) is 4.39 Å². The van der Waals surface area contributed by atoms with Gasteiger partial charge < -0.3 is 24.8 Å². The summed E-state index contributed by atoms with van der Waals surface area (Å²) < 4.78 is 29.9. The average Bonchev–Trinajstić information content (AvgIpc) is 2.70. The van der Waals surface area contributed by atoms with Gasteiger partial charge in [-0.2, -0.15) is 0 Å². The van der Waals surface area contributed by atoms with Crippen molar-refractivity contribution in [3.05, 3.63) is 29.6 Å². The van der Waals surface area contributed by atoms with Crippen molar-refractivity contribution in [3.8, 4) is 5.75 Å². The summed E-state index contributed by atoms with van der Waals surface area (Å²) in [6.07, 6.45) is 3.09. The molecule has 0 bridgehead atoms. The van der Waals surface area contributed by atoms with Crippen molar-refractivity contribution >= 4 is 5.96 Å². The van der Waals surface area contributed by atoms with E-state index in [1.165, 1.54) is 13.2 Å². The molecule has 1 aromatic carbocycles. The maximum atomic E-state index is 13.9. The first kappa shape index (κ1) is 21.4. The molecule has 2 N–H and O–H groups in total. The van der Waals surface area contributed by atoms with Gasteiger partial charge in [0.1, 0.15) is 0 Å². The van der Waals surface area contributed by atoms with Crippen LogP contribution in [0.2, 0.25) is 0 Å². The Morgan fingerprint density at radius 2 is 2.15 bits per heavy atom. The van der Waals surface area contributed by atoms with Crippen LogP contribution in [0, 0.1) is 11.7 Å². The Bertz CT molecular complexity index is 592. The third-order valence-corrected chi connectivity index (χ3v) is 4.71. The number of nitrogens with zero attached hydrogens (tertiary/aromatic N) is 1. The van der Waals surface area contributed by atoms with Crippen LogP contribution >= 0.6 is 0 Å². The molecule has 0 aromatic heterocycles. The van der Waals surface area contributed by atoms with Gasteiger partial charge in [-0.3, -0.25) is 4.99 Å². The molecule has 2 rings (SSSR count). The van der Waals surface area contributed by atoms with Gasteiger partial charge in [-0.15, -0.1) is 0 Å². The second-order valence-corrected chi connectivity index (χ2v) is 6.74. The molecule has 1 saturated heterocycles. The van der Waals surface area contributed by atoms with Gasteiger partial charge in [0.25, 0.3) is 0 Å². The van der Waals surface area contributed by atoms with Crippen molar-refractivity contribution in [1.29, 1.82) is 0 Å². The zero-order chi connectivity index (χ0) is 19.5. The Hall–Kier alpha value is -1.86. The van der Waals surface area contributed by atoms with Gasteiger partial charge in [0.05, 0.1) is 13.2 Å². The van der Waals surface area contributed by atoms with E-state index in [-0.39, 0.29) is 17.6 Å². The van der Waals surface area contributed by atoms with E-state index in [0.717, 1.165) is 57.8 Å². The van der Waals surface area contributed by atoms with Crippen molar-refractivity contribution in [1.82, 2.24) is 10.6 Å². The first-order chi connectivity index (χ1) is 13.1. The van der Waals surface area contributed by atoms with E-state index in [0.29, 0.717) is 11.9 Å². The van der Waals surface area contributed by atoms with Gasteiger partial charge in [0.2, 0.25) is 0 Å².